The first kappa shape index (κ1) is 20.4. The van der Waals surface area contributed by atoms with Gasteiger partial charge < -0.3 is 19.3 Å². The highest BCUT2D eigenvalue weighted by Gasteiger charge is 2.43. The van der Waals surface area contributed by atoms with Gasteiger partial charge in [-0.1, -0.05) is 6.08 Å². The summed E-state index contributed by atoms with van der Waals surface area (Å²) >= 11 is 0. The number of fused-ring (bicyclic) bond motifs is 1. The van der Waals surface area contributed by atoms with E-state index in [2.05, 4.69) is 0 Å². The molecule has 1 aromatic rings. The zero-order valence-electron chi connectivity index (χ0n) is 17.2. The van der Waals surface area contributed by atoms with E-state index in [0.29, 0.717) is 12.2 Å². The van der Waals surface area contributed by atoms with Gasteiger partial charge in [0.25, 0.3) is 0 Å². The fourth-order valence-corrected chi connectivity index (χ4v) is 3.65. The second-order valence-corrected chi connectivity index (χ2v) is 7.19. The number of methoxy groups -OCH3 is 2. The molecule has 0 saturated carbocycles. The van der Waals surface area contributed by atoms with Crippen molar-refractivity contribution in [1.82, 2.24) is 0 Å². The molecule has 0 aliphatic carbocycles. The summed E-state index contributed by atoms with van der Waals surface area (Å²) in [6.07, 6.45) is 6.53. The Hall–Kier alpha value is -3.35. The van der Waals surface area contributed by atoms with Crippen LogP contribution >= 0.6 is 0 Å². The Kier molecular flexibility index (Phi) is 5.33. The number of nitrogens with zero attached hydrogens (tertiary/aromatic N) is 2. The highest BCUT2D eigenvalue weighted by atomic mass is 16.5. The lowest BCUT2D eigenvalue weighted by molar-refractivity contribution is -0.139. The van der Waals surface area contributed by atoms with Crippen LogP contribution in [0.3, 0.4) is 0 Å². The highest BCUT2D eigenvalue weighted by molar-refractivity contribution is 6.09. The molecule has 29 heavy (non-hydrogen) atoms. The van der Waals surface area contributed by atoms with E-state index < -0.39 is 17.4 Å². The number of allylic oxidation sites excluding steroid dienone is 2. The van der Waals surface area contributed by atoms with Crippen LogP contribution in [-0.4, -0.2) is 38.6 Å². The molecule has 0 atom stereocenters. The highest BCUT2D eigenvalue weighted by Crippen LogP contribution is 2.43. The molecule has 2 heterocycles. The number of rotatable bonds is 4. The first-order valence-electron chi connectivity index (χ1n) is 9.29. The van der Waals surface area contributed by atoms with E-state index in [-0.39, 0.29) is 17.2 Å². The zero-order chi connectivity index (χ0) is 21.3. The summed E-state index contributed by atoms with van der Waals surface area (Å²) in [7, 11) is 2.51. The first-order chi connectivity index (χ1) is 13.8. The van der Waals surface area contributed by atoms with Gasteiger partial charge in [0, 0.05) is 24.1 Å². The predicted octanol–water partition coefficient (Wildman–Crippen LogP) is 2.82. The molecule has 0 fully saturated rings. The van der Waals surface area contributed by atoms with Crippen LogP contribution in [0.5, 0.6) is 0 Å². The third kappa shape index (κ3) is 3.22. The SMILES string of the molecule is CCN1C(=O)C(C)(C)c2cc(N3C=CC=CC(C(=O)OC)=C3C(=O)OC)ccc21. The normalized spacial score (nSPS) is 17.3. The molecular formula is C22H24N2O5. The van der Waals surface area contributed by atoms with Crippen molar-refractivity contribution in [3.05, 3.63) is 59.5 Å². The third-order valence-corrected chi connectivity index (χ3v) is 5.21. The summed E-state index contributed by atoms with van der Waals surface area (Å²) in [6, 6.07) is 5.54. The van der Waals surface area contributed by atoms with Gasteiger partial charge in [0.15, 0.2) is 0 Å². The van der Waals surface area contributed by atoms with Gasteiger partial charge in [-0.05, 0) is 56.7 Å². The molecular weight excluding hydrogens is 372 g/mol. The summed E-state index contributed by atoms with van der Waals surface area (Å²) < 4.78 is 9.77. The summed E-state index contributed by atoms with van der Waals surface area (Å²) in [6.45, 7) is 6.26. The van der Waals surface area contributed by atoms with E-state index in [9.17, 15) is 14.4 Å². The van der Waals surface area contributed by atoms with Crippen LogP contribution < -0.4 is 9.80 Å². The number of ether oxygens (including phenoxy) is 2. The maximum atomic E-state index is 12.8. The van der Waals surface area contributed by atoms with E-state index in [1.54, 1.807) is 28.2 Å². The smallest absolute Gasteiger partial charge is 0.355 e. The maximum absolute atomic E-state index is 12.8. The number of hydrogen-bond acceptors (Lipinski definition) is 6. The Morgan fingerprint density at radius 3 is 2.38 bits per heavy atom. The monoisotopic (exact) mass is 396 g/mol. The number of amides is 1. The molecule has 2 aliphatic heterocycles. The predicted molar refractivity (Wildman–Crippen MR) is 109 cm³/mol. The van der Waals surface area contributed by atoms with Gasteiger partial charge in [-0.2, -0.15) is 0 Å². The van der Waals surface area contributed by atoms with Gasteiger partial charge in [-0.25, -0.2) is 9.59 Å². The number of hydrogen-bond donors (Lipinski definition) is 0. The number of carbonyl (C=O) groups excluding carboxylic acids is 3. The number of anilines is 2. The average Bonchev–Trinajstić information content (AvgIpc) is 2.87. The van der Waals surface area contributed by atoms with Crippen LogP contribution in [0.4, 0.5) is 11.4 Å². The lowest BCUT2D eigenvalue weighted by Crippen LogP contribution is -2.35. The molecule has 3 rings (SSSR count). The van der Waals surface area contributed by atoms with Crippen molar-refractivity contribution >= 4 is 29.2 Å². The number of benzene rings is 1. The fourth-order valence-electron chi connectivity index (χ4n) is 3.65. The van der Waals surface area contributed by atoms with E-state index in [4.69, 9.17) is 9.47 Å². The Labute approximate surface area is 169 Å². The molecule has 152 valence electrons. The lowest BCUT2D eigenvalue weighted by atomic mass is 9.86. The first-order valence-corrected chi connectivity index (χ1v) is 9.29. The van der Waals surface area contributed by atoms with Crippen LogP contribution in [0.25, 0.3) is 0 Å². The molecule has 2 aliphatic rings. The summed E-state index contributed by atoms with van der Waals surface area (Å²) in [5, 5.41) is 0. The molecule has 7 heteroatoms. The summed E-state index contributed by atoms with van der Waals surface area (Å²) in [5.74, 6) is -1.30. The largest absolute Gasteiger partial charge is 0.465 e. The molecule has 0 aromatic heterocycles. The van der Waals surface area contributed by atoms with Gasteiger partial charge in [0.1, 0.15) is 5.70 Å². The van der Waals surface area contributed by atoms with Gasteiger partial charge in [-0.15, -0.1) is 0 Å². The molecule has 1 aromatic carbocycles. The number of carbonyl (C=O) groups is 3. The van der Waals surface area contributed by atoms with Crippen LogP contribution in [0.2, 0.25) is 0 Å². The van der Waals surface area contributed by atoms with Crippen molar-refractivity contribution in [1.29, 1.82) is 0 Å². The Bertz CT molecular complexity index is 971. The van der Waals surface area contributed by atoms with Gasteiger partial charge in [0.05, 0.1) is 25.2 Å². The Morgan fingerprint density at radius 2 is 1.76 bits per heavy atom. The molecule has 0 radical (unpaired) electrons. The van der Waals surface area contributed by atoms with E-state index in [0.717, 1.165) is 11.3 Å². The molecule has 0 saturated heterocycles. The van der Waals surface area contributed by atoms with E-state index >= 15 is 0 Å². The third-order valence-electron chi connectivity index (χ3n) is 5.21. The molecule has 7 nitrogen and oxygen atoms in total. The van der Waals surface area contributed by atoms with E-state index in [1.807, 2.05) is 39.0 Å². The standard InChI is InChI=1S/C22H24N2O5/c1-6-23-17-11-10-14(13-16(17)22(2,3)21(23)27)24-12-8-7-9-15(19(25)28-4)18(24)20(26)29-5/h7-13H,6H2,1-5H3. The summed E-state index contributed by atoms with van der Waals surface area (Å²) in [5.41, 5.74) is 1.75. The minimum atomic E-state index is -0.699. The minimum absolute atomic E-state index is 0.0270. The Balaban J connectivity index is 2.20. The second-order valence-electron chi connectivity index (χ2n) is 7.19. The van der Waals surface area contributed by atoms with Crippen LogP contribution in [-0.2, 0) is 29.3 Å². The lowest BCUT2D eigenvalue weighted by Gasteiger charge is -2.24. The number of likely N-dealkylation sites (N-methyl/N-ethyl adjacent to an activating group) is 1. The Morgan fingerprint density at radius 1 is 1.07 bits per heavy atom. The molecule has 1 amide bonds. The topological polar surface area (TPSA) is 76.2 Å². The maximum Gasteiger partial charge on any atom is 0.355 e. The summed E-state index contributed by atoms with van der Waals surface area (Å²) in [4.78, 5) is 41.0. The van der Waals surface area contributed by atoms with Gasteiger partial charge >= 0.3 is 11.9 Å². The quantitative estimate of drug-likeness (QED) is 0.729. The number of esters is 2. The van der Waals surface area contributed by atoms with E-state index in [1.165, 1.54) is 20.3 Å². The zero-order valence-corrected chi connectivity index (χ0v) is 17.2. The second kappa shape index (κ2) is 7.58. The molecule has 0 spiro atoms. The van der Waals surface area contributed by atoms with Crippen LogP contribution in [0.1, 0.15) is 26.3 Å². The average molecular weight is 396 g/mol. The minimum Gasteiger partial charge on any atom is -0.465 e. The van der Waals surface area contributed by atoms with Crippen LogP contribution in [0.15, 0.2) is 53.9 Å². The van der Waals surface area contributed by atoms with Crippen molar-refractivity contribution in [3.8, 4) is 0 Å². The van der Waals surface area contributed by atoms with Crippen LogP contribution in [0, 0.1) is 0 Å². The molecule has 0 bridgehead atoms. The molecule has 0 N–H and O–H groups in total. The van der Waals surface area contributed by atoms with Crippen molar-refractivity contribution in [2.24, 2.45) is 0 Å². The fraction of sp³-hybridized carbons (Fsp3) is 0.318. The molecule has 0 unspecified atom stereocenters. The van der Waals surface area contributed by atoms with Crippen molar-refractivity contribution in [2.45, 2.75) is 26.2 Å². The van der Waals surface area contributed by atoms with Crippen molar-refractivity contribution < 1.29 is 23.9 Å². The van der Waals surface area contributed by atoms with Gasteiger partial charge in [-0.3, -0.25) is 4.79 Å². The van der Waals surface area contributed by atoms with Gasteiger partial charge in [0.2, 0.25) is 5.91 Å². The van der Waals surface area contributed by atoms with Crippen molar-refractivity contribution in [3.63, 3.8) is 0 Å². The van der Waals surface area contributed by atoms with Crippen molar-refractivity contribution in [2.75, 3.05) is 30.6 Å².